The van der Waals surface area contributed by atoms with Crippen molar-refractivity contribution in [1.29, 1.82) is 0 Å². The maximum atomic E-state index is 2.41. The van der Waals surface area contributed by atoms with Crippen molar-refractivity contribution in [3.63, 3.8) is 0 Å². The quantitative estimate of drug-likeness (QED) is 0.183. The van der Waals surface area contributed by atoms with E-state index >= 15 is 0 Å². The lowest BCUT2D eigenvalue weighted by Crippen LogP contribution is -2.32. The van der Waals surface area contributed by atoms with Crippen molar-refractivity contribution >= 4 is 34.4 Å². The number of thioether (sulfide) groups is 1. The minimum absolute atomic E-state index is 0.980. The second kappa shape index (κ2) is 11.4. The molecule has 4 rings (SSSR count). The first-order valence-electron chi connectivity index (χ1n) is 12.3. The lowest BCUT2D eigenvalue weighted by molar-refractivity contribution is -0.667. The van der Waals surface area contributed by atoms with E-state index in [0.717, 1.165) is 19.5 Å². The van der Waals surface area contributed by atoms with Gasteiger partial charge in [-0.15, -0.1) is 0 Å². The van der Waals surface area contributed by atoms with E-state index in [1.165, 1.54) is 56.9 Å². The number of benzene rings is 2. The van der Waals surface area contributed by atoms with E-state index in [-0.39, 0.29) is 0 Å². The van der Waals surface area contributed by atoms with Crippen molar-refractivity contribution in [2.75, 3.05) is 11.4 Å². The molecule has 1 aliphatic rings. The molecule has 0 atom stereocenters. The average molecular weight is 456 g/mol. The number of allylic oxidation sites excluding steroid dienone is 4. The summed E-state index contributed by atoms with van der Waals surface area (Å²) in [5, 5.41) is 2.62. The Bertz CT molecular complexity index is 1190. The number of anilines is 1. The first-order chi connectivity index (χ1) is 16.2. The molecule has 1 aliphatic heterocycles. The Morgan fingerprint density at radius 1 is 0.970 bits per heavy atom. The van der Waals surface area contributed by atoms with E-state index in [2.05, 4.69) is 115 Å². The summed E-state index contributed by atoms with van der Waals surface area (Å²) in [7, 11) is 0. The van der Waals surface area contributed by atoms with Gasteiger partial charge in [0.2, 0.25) is 5.52 Å². The molecule has 3 heteroatoms. The molecule has 0 bridgehead atoms. The summed E-state index contributed by atoms with van der Waals surface area (Å²) < 4.78 is 2.31. The van der Waals surface area contributed by atoms with Crippen molar-refractivity contribution in [2.24, 2.45) is 0 Å². The van der Waals surface area contributed by atoms with Crippen LogP contribution in [0.15, 0.2) is 94.5 Å². The Morgan fingerprint density at radius 3 is 2.61 bits per heavy atom. The van der Waals surface area contributed by atoms with Crippen LogP contribution in [0.4, 0.5) is 5.69 Å². The van der Waals surface area contributed by atoms with Crippen LogP contribution in [0.1, 0.15) is 52.0 Å². The van der Waals surface area contributed by atoms with Gasteiger partial charge in [0.1, 0.15) is 6.54 Å². The lowest BCUT2D eigenvalue weighted by Gasteiger charge is -2.17. The highest BCUT2D eigenvalue weighted by Gasteiger charge is 2.22. The van der Waals surface area contributed by atoms with E-state index in [9.17, 15) is 0 Å². The van der Waals surface area contributed by atoms with Crippen molar-refractivity contribution in [2.45, 2.75) is 57.9 Å². The fourth-order valence-corrected chi connectivity index (χ4v) is 5.54. The van der Waals surface area contributed by atoms with Gasteiger partial charge in [0.15, 0.2) is 6.20 Å². The molecule has 0 saturated heterocycles. The molecule has 0 fully saturated rings. The third-order valence-corrected chi connectivity index (χ3v) is 7.37. The van der Waals surface area contributed by atoms with Crippen LogP contribution in [0.25, 0.3) is 17.0 Å². The van der Waals surface area contributed by atoms with Crippen molar-refractivity contribution < 1.29 is 4.57 Å². The number of unbranched alkanes of at least 4 members (excludes halogenated alkanes) is 2. The smallest absolute Gasteiger partial charge is 0.213 e. The lowest BCUT2D eigenvalue weighted by atomic mass is 10.0. The summed E-state index contributed by atoms with van der Waals surface area (Å²) in [5.41, 5.74) is 5.29. The SMILES string of the molecule is CCCCCC(=C/C=C1\Sc2ccccc2N1CC)/C=C/c1cc[n+](CC)c2ccccc12. The van der Waals surface area contributed by atoms with Crippen molar-refractivity contribution in [3.05, 3.63) is 95.2 Å². The summed E-state index contributed by atoms with van der Waals surface area (Å²) in [6.45, 7) is 8.66. The van der Waals surface area contributed by atoms with E-state index in [4.69, 9.17) is 0 Å². The van der Waals surface area contributed by atoms with Gasteiger partial charge in [-0.05, 0) is 62.1 Å². The highest BCUT2D eigenvalue weighted by Crippen LogP contribution is 2.45. The zero-order valence-corrected chi connectivity index (χ0v) is 20.9. The predicted octanol–water partition coefficient (Wildman–Crippen LogP) is 8.14. The molecular formula is C30H35N2S+. The molecule has 170 valence electrons. The second-order valence-electron chi connectivity index (χ2n) is 8.43. The second-order valence-corrected chi connectivity index (χ2v) is 9.49. The zero-order valence-electron chi connectivity index (χ0n) is 20.1. The normalized spacial score (nSPS) is 15.2. The summed E-state index contributed by atoms with van der Waals surface area (Å²) in [5.74, 6) is 0. The largest absolute Gasteiger partial charge is 0.335 e. The maximum Gasteiger partial charge on any atom is 0.213 e. The van der Waals surface area contributed by atoms with Gasteiger partial charge < -0.3 is 4.90 Å². The molecule has 0 unspecified atom stereocenters. The number of aromatic nitrogens is 1. The van der Waals surface area contributed by atoms with Gasteiger partial charge in [-0.1, -0.05) is 74.0 Å². The zero-order chi connectivity index (χ0) is 23.0. The van der Waals surface area contributed by atoms with Gasteiger partial charge in [0.25, 0.3) is 0 Å². The topological polar surface area (TPSA) is 7.12 Å². The Kier molecular flexibility index (Phi) is 8.06. The minimum atomic E-state index is 0.980. The van der Waals surface area contributed by atoms with Crippen LogP contribution in [0.5, 0.6) is 0 Å². The predicted molar refractivity (Wildman–Crippen MR) is 144 cm³/mol. The third-order valence-electron chi connectivity index (χ3n) is 6.24. The number of rotatable bonds is 9. The van der Waals surface area contributed by atoms with Crippen LogP contribution in [0.2, 0.25) is 0 Å². The number of para-hydroxylation sites is 2. The Morgan fingerprint density at radius 2 is 1.79 bits per heavy atom. The van der Waals surface area contributed by atoms with Crippen molar-refractivity contribution in [1.82, 2.24) is 0 Å². The number of pyridine rings is 1. The molecular weight excluding hydrogens is 420 g/mol. The molecule has 0 N–H and O–H groups in total. The van der Waals surface area contributed by atoms with Crippen LogP contribution in [0, 0.1) is 0 Å². The van der Waals surface area contributed by atoms with Crippen LogP contribution >= 0.6 is 11.8 Å². The molecule has 0 saturated carbocycles. The Balaban J connectivity index is 1.63. The third kappa shape index (κ3) is 5.42. The summed E-state index contributed by atoms with van der Waals surface area (Å²) >= 11 is 1.88. The van der Waals surface area contributed by atoms with Crippen LogP contribution in [0.3, 0.4) is 0 Å². The van der Waals surface area contributed by atoms with Gasteiger partial charge in [0, 0.05) is 23.6 Å². The molecule has 2 heterocycles. The monoisotopic (exact) mass is 455 g/mol. The molecule has 2 nitrogen and oxygen atoms in total. The summed E-state index contributed by atoms with van der Waals surface area (Å²) in [6, 6.07) is 19.7. The molecule has 0 radical (unpaired) electrons. The fourth-order valence-electron chi connectivity index (χ4n) is 4.41. The summed E-state index contributed by atoms with van der Waals surface area (Å²) in [6.07, 6.45) is 16.3. The van der Waals surface area contributed by atoms with Gasteiger partial charge in [0.05, 0.1) is 16.1 Å². The van der Waals surface area contributed by atoms with E-state index in [1.54, 1.807) is 0 Å². The molecule has 0 aliphatic carbocycles. The standard InChI is InChI=1S/C30H35N2S/c1-4-7-8-13-24(19-21-30-32(6-3)28-16-11-12-17-29(28)33-30)18-20-25-22-23-31(5-2)27-15-10-9-14-26(25)27/h9-12,14-23H,4-8,13H2,1-3H3/q+1. The number of fused-ring (bicyclic) bond motifs is 2. The Labute approximate surface area is 203 Å². The van der Waals surface area contributed by atoms with Gasteiger partial charge in [-0.25, -0.2) is 0 Å². The first kappa shape index (κ1) is 23.4. The van der Waals surface area contributed by atoms with Crippen molar-refractivity contribution in [3.8, 4) is 0 Å². The number of aryl methyl sites for hydroxylation is 1. The molecule has 1 aromatic heterocycles. The van der Waals surface area contributed by atoms with Crippen LogP contribution in [-0.4, -0.2) is 6.54 Å². The number of hydrogen-bond acceptors (Lipinski definition) is 2. The average Bonchev–Trinajstić information content (AvgIpc) is 3.22. The van der Waals surface area contributed by atoms with E-state index in [1.807, 2.05) is 11.8 Å². The van der Waals surface area contributed by atoms with Gasteiger partial charge in [-0.3, -0.25) is 0 Å². The fraction of sp³-hybridized carbons (Fsp3) is 0.300. The number of nitrogens with zero attached hydrogens (tertiary/aromatic N) is 2. The minimum Gasteiger partial charge on any atom is -0.335 e. The maximum absolute atomic E-state index is 2.41. The van der Waals surface area contributed by atoms with E-state index < -0.39 is 0 Å². The highest BCUT2D eigenvalue weighted by molar-refractivity contribution is 8.03. The molecule has 33 heavy (non-hydrogen) atoms. The highest BCUT2D eigenvalue weighted by atomic mass is 32.2. The molecule has 2 aromatic carbocycles. The van der Waals surface area contributed by atoms with Crippen LogP contribution in [-0.2, 0) is 6.54 Å². The first-order valence-corrected chi connectivity index (χ1v) is 13.1. The number of hydrogen-bond donors (Lipinski definition) is 0. The summed E-state index contributed by atoms with van der Waals surface area (Å²) in [4.78, 5) is 3.76. The van der Waals surface area contributed by atoms with Gasteiger partial charge >= 0.3 is 0 Å². The van der Waals surface area contributed by atoms with E-state index in [0.29, 0.717) is 0 Å². The molecule has 0 amide bonds. The molecule has 0 spiro atoms. The van der Waals surface area contributed by atoms with Gasteiger partial charge in [-0.2, -0.15) is 4.57 Å². The molecule has 3 aromatic rings. The Hall–Kier alpha value is -2.78. The van der Waals surface area contributed by atoms with Crippen LogP contribution < -0.4 is 9.47 Å².